The van der Waals surface area contributed by atoms with Crippen molar-refractivity contribution in [1.82, 2.24) is 0 Å². The van der Waals surface area contributed by atoms with Gasteiger partial charge in [-0.2, -0.15) is 0 Å². The minimum absolute atomic E-state index is 0.0461. The molecule has 3 rings (SSSR count). The molecule has 1 aliphatic rings. The molecule has 0 aliphatic heterocycles. The van der Waals surface area contributed by atoms with Gasteiger partial charge in [0.05, 0.1) is 6.04 Å². The molecular weight excluding hydrogens is 194 g/mol. The van der Waals surface area contributed by atoms with Crippen molar-refractivity contribution in [3.05, 3.63) is 58.7 Å². The summed E-state index contributed by atoms with van der Waals surface area (Å²) in [7, 11) is 0. The van der Waals surface area contributed by atoms with Gasteiger partial charge in [-0.1, -0.05) is 47.5 Å². The van der Waals surface area contributed by atoms with Crippen LogP contribution in [0.4, 0.5) is 0 Å². The third-order valence-electron chi connectivity index (χ3n) is 3.37. The average molecular weight is 209 g/mol. The minimum atomic E-state index is 0.0461. The Bertz CT molecular complexity index is 518. The molecule has 16 heavy (non-hydrogen) atoms. The van der Waals surface area contributed by atoms with Crippen LogP contribution in [0.25, 0.3) is 11.1 Å². The first kappa shape index (κ1) is 9.61. The maximum Gasteiger partial charge on any atom is 0.0564 e. The van der Waals surface area contributed by atoms with Crippen molar-refractivity contribution in [2.24, 2.45) is 5.73 Å². The Labute approximate surface area is 95.9 Å². The quantitative estimate of drug-likeness (QED) is 0.707. The summed E-state index contributed by atoms with van der Waals surface area (Å²) in [6.45, 7) is 4.22. The van der Waals surface area contributed by atoms with Gasteiger partial charge in [0.2, 0.25) is 0 Å². The van der Waals surface area contributed by atoms with Gasteiger partial charge in [-0.25, -0.2) is 0 Å². The first-order chi connectivity index (χ1) is 7.66. The number of hydrogen-bond donors (Lipinski definition) is 1. The van der Waals surface area contributed by atoms with Gasteiger partial charge in [0.15, 0.2) is 0 Å². The van der Waals surface area contributed by atoms with Crippen LogP contribution in [-0.4, -0.2) is 0 Å². The number of nitrogens with two attached hydrogens (primary N) is 1. The second kappa shape index (κ2) is 3.19. The highest BCUT2D eigenvalue weighted by atomic mass is 14.7. The lowest BCUT2D eigenvalue weighted by Crippen LogP contribution is -2.08. The monoisotopic (exact) mass is 209 g/mol. The zero-order valence-corrected chi connectivity index (χ0v) is 9.62. The van der Waals surface area contributed by atoms with Crippen molar-refractivity contribution in [3.8, 4) is 11.1 Å². The van der Waals surface area contributed by atoms with Crippen molar-refractivity contribution < 1.29 is 0 Å². The van der Waals surface area contributed by atoms with Crippen LogP contribution in [0.15, 0.2) is 36.4 Å². The van der Waals surface area contributed by atoms with Crippen LogP contribution >= 0.6 is 0 Å². The molecule has 1 nitrogen and oxygen atoms in total. The molecule has 0 saturated heterocycles. The molecule has 2 aromatic rings. The molecule has 0 radical (unpaired) electrons. The van der Waals surface area contributed by atoms with E-state index in [4.69, 9.17) is 5.73 Å². The van der Waals surface area contributed by atoms with Crippen molar-refractivity contribution >= 4 is 0 Å². The summed E-state index contributed by atoms with van der Waals surface area (Å²) in [5, 5.41) is 0. The van der Waals surface area contributed by atoms with Crippen LogP contribution in [0.1, 0.15) is 28.3 Å². The summed E-state index contributed by atoms with van der Waals surface area (Å²) < 4.78 is 0. The Morgan fingerprint density at radius 3 is 1.69 bits per heavy atom. The average Bonchev–Trinajstić information content (AvgIpc) is 2.53. The standard InChI is InChI=1S/C15H15N/c1-9-3-5-11-12-6-4-10(2)8-14(12)15(16)13(11)7-9/h3-8,15H,16H2,1-2H3. The third-order valence-corrected chi connectivity index (χ3v) is 3.37. The smallest absolute Gasteiger partial charge is 0.0564 e. The summed E-state index contributed by atoms with van der Waals surface area (Å²) >= 11 is 0. The number of benzene rings is 2. The third kappa shape index (κ3) is 1.22. The van der Waals surface area contributed by atoms with Crippen LogP contribution in [0.2, 0.25) is 0 Å². The molecule has 0 amide bonds. The Morgan fingerprint density at radius 2 is 1.25 bits per heavy atom. The minimum Gasteiger partial charge on any atom is -0.320 e. The van der Waals surface area contributed by atoms with Crippen molar-refractivity contribution in [3.63, 3.8) is 0 Å². The second-order valence-electron chi connectivity index (χ2n) is 4.66. The molecule has 0 spiro atoms. The topological polar surface area (TPSA) is 26.0 Å². The van der Waals surface area contributed by atoms with Crippen LogP contribution in [0, 0.1) is 13.8 Å². The Balaban J connectivity index is 2.30. The van der Waals surface area contributed by atoms with E-state index in [0.717, 1.165) is 0 Å². The maximum atomic E-state index is 6.30. The van der Waals surface area contributed by atoms with E-state index in [-0.39, 0.29) is 6.04 Å². The highest BCUT2D eigenvalue weighted by molar-refractivity contribution is 5.79. The first-order valence-corrected chi connectivity index (χ1v) is 5.64. The maximum absolute atomic E-state index is 6.30. The number of hydrogen-bond acceptors (Lipinski definition) is 1. The van der Waals surface area contributed by atoms with E-state index in [0.29, 0.717) is 0 Å². The number of aryl methyl sites for hydroxylation is 2. The van der Waals surface area contributed by atoms with Crippen LogP contribution in [-0.2, 0) is 0 Å². The summed E-state index contributed by atoms with van der Waals surface area (Å²) in [6, 6.07) is 13.1. The lowest BCUT2D eigenvalue weighted by atomic mass is 10.0. The van der Waals surface area contributed by atoms with E-state index in [9.17, 15) is 0 Å². The highest BCUT2D eigenvalue weighted by Crippen LogP contribution is 2.42. The SMILES string of the molecule is Cc1ccc2c(c1)C(N)c1cc(C)ccc1-2. The van der Waals surface area contributed by atoms with Crippen LogP contribution in [0.3, 0.4) is 0 Å². The molecule has 0 atom stereocenters. The number of rotatable bonds is 0. The molecular formula is C15H15N. The molecule has 0 fully saturated rings. The predicted molar refractivity (Wildman–Crippen MR) is 67.4 cm³/mol. The van der Waals surface area contributed by atoms with Gasteiger partial charge >= 0.3 is 0 Å². The van der Waals surface area contributed by atoms with Gasteiger partial charge in [-0.3, -0.25) is 0 Å². The largest absolute Gasteiger partial charge is 0.320 e. The van der Waals surface area contributed by atoms with E-state index in [1.807, 2.05) is 0 Å². The van der Waals surface area contributed by atoms with E-state index < -0.39 is 0 Å². The number of fused-ring (bicyclic) bond motifs is 3. The zero-order chi connectivity index (χ0) is 11.3. The van der Waals surface area contributed by atoms with Crippen molar-refractivity contribution in [1.29, 1.82) is 0 Å². The summed E-state index contributed by atoms with van der Waals surface area (Å²) in [5.74, 6) is 0. The van der Waals surface area contributed by atoms with Crippen LogP contribution in [0.5, 0.6) is 0 Å². The molecule has 0 bridgehead atoms. The van der Waals surface area contributed by atoms with E-state index in [1.54, 1.807) is 0 Å². The Kier molecular flexibility index (Phi) is 1.92. The fourth-order valence-electron chi connectivity index (χ4n) is 2.54. The fraction of sp³-hybridized carbons (Fsp3) is 0.200. The molecule has 0 saturated carbocycles. The first-order valence-electron chi connectivity index (χ1n) is 5.64. The molecule has 0 aromatic heterocycles. The second-order valence-corrected chi connectivity index (χ2v) is 4.66. The normalized spacial score (nSPS) is 13.7. The molecule has 0 heterocycles. The summed E-state index contributed by atoms with van der Waals surface area (Å²) in [5.41, 5.74) is 14.0. The summed E-state index contributed by atoms with van der Waals surface area (Å²) in [4.78, 5) is 0. The van der Waals surface area contributed by atoms with Gasteiger partial charge in [0, 0.05) is 0 Å². The van der Waals surface area contributed by atoms with Gasteiger partial charge in [0.1, 0.15) is 0 Å². The van der Waals surface area contributed by atoms with Gasteiger partial charge in [-0.05, 0) is 36.1 Å². The molecule has 2 aromatic carbocycles. The fourth-order valence-corrected chi connectivity index (χ4v) is 2.54. The van der Waals surface area contributed by atoms with E-state index in [2.05, 4.69) is 50.2 Å². The van der Waals surface area contributed by atoms with Crippen LogP contribution < -0.4 is 5.73 Å². The van der Waals surface area contributed by atoms with Gasteiger partial charge in [0.25, 0.3) is 0 Å². The van der Waals surface area contributed by atoms with Gasteiger partial charge < -0.3 is 5.73 Å². The van der Waals surface area contributed by atoms with E-state index >= 15 is 0 Å². The molecule has 80 valence electrons. The lowest BCUT2D eigenvalue weighted by Gasteiger charge is -2.07. The predicted octanol–water partition coefficient (Wildman–Crippen LogP) is 3.33. The van der Waals surface area contributed by atoms with Gasteiger partial charge in [-0.15, -0.1) is 0 Å². The lowest BCUT2D eigenvalue weighted by molar-refractivity contribution is 0.898. The molecule has 1 heteroatoms. The Hall–Kier alpha value is -1.60. The highest BCUT2D eigenvalue weighted by Gasteiger charge is 2.25. The Morgan fingerprint density at radius 1 is 0.812 bits per heavy atom. The van der Waals surface area contributed by atoms with E-state index in [1.165, 1.54) is 33.4 Å². The molecule has 1 aliphatic carbocycles. The van der Waals surface area contributed by atoms with Crippen molar-refractivity contribution in [2.45, 2.75) is 19.9 Å². The molecule has 0 unspecified atom stereocenters. The summed E-state index contributed by atoms with van der Waals surface area (Å²) in [6.07, 6.45) is 0. The van der Waals surface area contributed by atoms with Crippen molar-refractivity contribution in [2.75, 3.05) is 0 Å². The zero-order valence-electron chi connectivity index (χ0n) is 9.62. The molecule has 2 N–H and O–H groups in total.